The van der Waals surface area contributed by atoms with Crippen molar-refractivity contribution in [2.75, 3.05) is 24.1 Å². The van der Waals surface area contributed by atoms with E-state index in [1.165, 1.54) is 12.4 Å². The minimum atomic E-state index is -3.80. The maximum atomic E-state index is 13.1. The number of nitrogens with two attached hydrogens (primary N) is 1. The van der Waals surface area contributed by atoms with Crippen LogP contribution >= 0.6 is 0 Å². The number of carbonyl (C=O) groups is 1. The summed E-state index contributed by atoms with van der Waals surface area (Å²) in [4.78, 5) is 18.5. The molecule has 0 saturated carbocycles. The molecule has 1 unspecified atom stereocenters. The van der Waals surface area contributed by atoms with E-state index in [0.29, 0.717) is 36.3 Å². The Bertz CT molecular complexity index is 1250. The number of aromatic nitrogens is 2. The second-order valence-electron chi connectivity index (χ2n) is 8.81. The van der Waals surface area contributed by atoms with Crippen LogP contribution in [-0.4, -0.2) is 53.1 Å². The third-order valence-electron chi connectivity index (χ3n) is 5.20. The Hall–Kier alpha value is -3.27. The van der Waals surface area contributed by atoms with Crippen molar-refractivity contribution in [1.29, 1.82) is 0 Å². The molecule has 9 nitrogen and oxygen atoms in total. The third kappa shape index (κ3) is 4.22. The zero-order valence-electron chi connectivity index (χ0n) is 18.3. The summed E-state index contributed by atoms with van der Waals surface area (Å²) in [7, 11) is -3.80. The smallest absolute Gasteiger partial charge is 0.410 e. The van der Waals surface area contributed by atoms with Crippen LogP contribution in [0.2, 0.25) is 0 Å². The van der Waals surface area contributed by atoms with E-state index in [4.69, 9.17) is 10.5 Å². The molecule has 1 aromatic carbocycles. The lowest BCUT2D eigenvalue weighted by molar-refractivity contribution is 0.0293. The topological polar surface area (TPSA) is 120 Å². The molecule has 1 atom stereocenters. The van der Waals surface area contributed by atoms with Crippen molar-refractivity contribution in [3.63, 3.8) is 0 Å². The van der Waals surface area contributed by atoms with Crippen LogP contribution in [-0.2, 0) is 14.8 Å². The highest BCUT2D eigenvalue weighted by atomic mass is 32.2. The number of carbonyl (C=O) groups excluding carboxylic acids is 1. The minimum Gasteiger partial charge on any atom is -0.444 e. The Labute approximate surface area is 187 Å². The molecule has 1 aliphatic rings. The standard InChI is InChI=1S/C22H27N5O4S/c1-22(2,3)31-21(28)26-11-9-15(14-26)25-19-17-10-12-27(20(17)24-13-18(19)23)32(29,30)16-7-5-4-6-8-16/h4-8,10,12-13,15H,9,11,14,23H2,1-3H3,(H,24,25). The molecule has 0 spiro atoms. The largest absolute Gasteiger partial charge is 0.444 e. The van der Waals surface area contributed by atoms with Crippen LogP contribution in [0.25, 0.3) is 11.0 Å². The molecular formula is C22H27N5O4S. The highest BCUT2D eigenvalue weighted by Crippen LogP contribution is 2.32. The summed E-state index contributed by atoms with van der Waals surface area (Å²) in [6.07, 6.45) is 3.29. The van der Waals surface area contributed by atoms with Crippen LogP contribution in [0.1, 0.15) is 27.2 Å². The molecule has 1 amide bonds. The Morgan fingerprint density at radius 2 is 1.94 bits per heavy atom. The SMILES string of the molecule is CC(C)(C)OC(=O)N1CCC(Nc2c(N)cnc3c2ccn3S(=O)(=O)c2ccccc2)C1. The quantitative estimate of drug-likeness (QED) is 0.617. The second kappa shape index (κ2) is 8.01. The molecule has 32 heavy (non-hydrogen) atoms. The lowest BCUT2D eigenvalue weighted by Gasteiger charge is -2.24. The molecule has 0 bridgehead atoms. The molecule has 170 valence electrons. The lowest BCUT2D eigenvalue weighted by Crippen LogP contribution is -2.36. The van der Waals surface area contributed by atoms with Gasteiger partial charge in [0.15, 0.2) is 5.65 Å². The normalized spacial score (nSPS) is 17.0. The first-order valence-electron chi connectivity index (χ1n) is 10.4. The van der Waals surface area contributed by atoms with Crippen LogP contribution in [0.15, 0.2) is 53.7 Å². The van der Waals surface area contributed by atoms with E-state index in [0.717, 1.165) is 3.97 Å². The number of benzene rings is 1. The molecule has 1 aliphatic heterocycles. The van der Waals surface area contributed by atoms with Gasteiger partial charge in [-0.3, -0.25) is 0 Å². The summed E-state index contributed by atoms with van der Waals surface area (Å²) in [5, 5.41) is 3.98. The third-order valence-corrected chi connectivity index (χ3v) is 6.88. The summed E-state index contributed by atoms with van der Waals surface area (Å²) in [6, 6.07) is 9.83. The van der Waals surface area contributed by atoms with Gasteiger partial charge in [-0.25, -0.2) is 22.2 Å². The predicted molar refractivity (Wildman–Crippen MR) is 123 cm³/mol. The molecule has 0 radical (unpaired) electrons. The molecule has 0 aliphatic carbocycles. The Morgan fingerprint density at radius 1 is 1.22 bits per heavy atom. The molecular weight excluding hydrogens is 430 g/mol. The lowest BCUT2D eigenvalue weighted by atomic mass is 10.2. The minimum absolute atomic E-state index is 0.0514. The van der Waals surface area contributed by atoms with Gasteiger partial charge in [-0.15, -0.1) is 0 Å². The van der Waals surface area contributed by atoms with E-state index in [1.54, 1.807) is 41.3 Å². The summed E-state index contributed by atoms with van der Waals surface area (Å²) in [5.41, 5.74) is 6.92. The van der Waals surface area contributed by atoms with E-state index in [2.05, 4.69) is 10.3 Å². The molecule has 3 aromatic rings. The number of fused-ring (bicyclic) bond motifs is 1. The average Bonchev–Trinajstić information content (AvgIpc) is 3.37. The molecule has 1 fully saturated rings. The molecule has 3 heterocycles. The first-order chi connectivity index (χ1) is 15.1. The van der Waals surface area contributed by atoms with Crippen molar-refractivity contribution in [3.8, 4) is 0 Å². The van der Waals surface area contributed by atoms with Crippen LogP contribution < -0.4 is 11.1 Å². The van der Waals surface area contributed by atoms with Crippen molar-refractivity contribution in [2.24, 2.45) is 0 Å². The van der Waals surface area contributed by atoms with E-state index in [9.17, 15) is 13.2 Å². The van der Waals surface area contributed by atoms with Crippen LogP contribution in [0, 0.1) is 0 Å². The monoisotopic (exact) mass is 457 g/mol. The number of anilines is 2. The summed E-state index contributed by atoms with van der Waals surface area (Å²) < 4.78 is 32.8. The Balaban J connectivity index is 1.60. The molecule has 1 saturated heterocycles. The fourth-order valence-corrected chi connectivity index (χ4v) is 5.04. The van der Waals surface area contributed by atoms with Crippen LogP contribution in [0.4, 0.5) is 16.2 Å². The second-order valence-corrected chi connectivity index (χ2v) is 10.6. The zero-order valence-corrected chi connectivity index (χ0v) is 19.1. The van der Waals surface area contributed by atoms with Crippen molar-refractivity contribution in [2.45, 2.75) is 43.7 Å². The van der Waals surface area contributed by atoms with Crippen LogP contribution in [0.5, 0.6) is 0 Å². The highest BCUT2D eigenvalue weighted by molar-refractivity contribution is 7.90. The predicted octanol–water partition coefficient (Wildman–Crippen LogP) is 3.28. The van der Waals surface area contributed by atoms with Gasteiger partial charge in [-0.1, -0.05) is 18.2 Å². The first kappa shape index (κ1) is 21.9. The van der Waals surface area contributed by atoms with Gasteiger partial charge in [0.1, 0.15) is 5.60 Å². The zero-order chi connectivity index (χ0) is 23.1. The summed E-state index contributed by atoms with van der Waals surface area (Å²) in [6.45, 7) is 6.52. The van der Waals surface area contributed by atoms with Gasteiger partial charge in [0, 0.05) is 30.7 Å². The average molecular weight is 458 g/mol. The first-order valence-corrected chi connectivity index (χ1v) is 11.8. The van der Waals surface area contributed by atoms with E-state index < -0.39 is 15.6 Å². The molecule has 2 aromatic heterocycles. The number of nitrogens with one attached hydrogen (secondary N) is 1. The highest BCUT2D eigenvalue weighted by Gasteiger charge is 2.30. The van der Waals surface area contributed by atoms with Crippen molar-refractivity contribution in [3.05, 3.63) is 48.8 Å². The Kier molecular flexibility index (Phi) is 5.49. The van der Waals surface area contributed by atoms with E-state index in [1.807, 2.05) is 20.8 Å². The van der Waals surface area contributed by atoms with Gasteiger partial charge in [0.05, 0.1) is 22.5 Å². The maximum Gasteiger partial charge on any atom is 0.410 e. The van der Waals surface area contributed by atoms with Gasteiger partial charge in [-0.05, 0) is 45.4 Å². The van der Waals surface area contributed by atoms with Crippen molar-refractivity contribution < 1.29 is 17.9 Å². The summed E-state index contributed by atoms with van der Waals surface area (Å²) in [5.74, 6) is 0. The van der Waals surface area contributed by atoms with E-state index in [-0.39, 0.29) is 22.7 Å². The van der Waals surface area contributed by atoms with E-state index >= 15 is 0 Å². The van der Waals surface area contributed by atoms with Gasteiger partial charge in [0.2, 0.25) is 0 Å². The Morgan fingerprint density at radius 3 is 2.62 bits per heavy atom. The van der Waals surface area contributed by atoms with Crippen molar-refractivity contribution >= 4 is 38.5 Å². The number of nitrogen functional groups attached to an aromatic ring is 1. The molecule has 3 N–H and O–H groups in total. The van der Waals surface area contributed by atoms with Gasteiger partial charge < -0.3 is 20.7 Å². The van der Waals surface area contributed by atoms with Crippen molar-refractivity contribution in [1.82, 2.24) is 13.9 Å². The number of hydrogen-bond donors (Lipinski definition) is 2. The number of pyridine rings is 1. The van der Waals surface area contributed by atoms with Gasteiger partial charge in [-0.2, -0.15) is 0 Å². The van der Waals surface area contributed by atoms with Gasteiger partial charge >= 0.3 is 6.09 Å². The molecule has 4 rings (SSSR count). The number of amides is 1. The number of rotatable bonds is 4. The number of nitrogens with zero attached hydrogens (tertiary/aromatic N) is 3. The fraction of sp³-hybridized carbons (Fsp3) is 0.364. The number of likely N-dealkylation sites (tertiary alicyclic amines) is 1. The fourth-order valence-electron chi connectivity index (χ4n) is 3.71. The van der Waals surface area contributed by atoms with Crippen LogP contribution in [0.3, 0.4) is 0 Å². The van der Waals surface area contributed by atoms with Gasteiger partial charge in [0.25, 0.3) is 10.0 Å². The number of hydrogen-bond acceptors (Lipinski definition) is 7. The summed E-state index contributed by atoms with van der Waals surface area (Å²) >= 11 is 0. The molecule has 10 heteroatoms. The number of ether oxygens (including phenoxy) is 1. The maximum absolute atomic E-state index is 13.1.